The molecule has 64 valence electrons. The van der Waals surface area contributed by atoms with Crippen molar-refractivity contribution < 1.29 is 14.3 Å². The first-order valence-electron chi connectivity index (χ1n) is 3.53. The first kappa shape index (κ1) is 7.85. The summed E-state index contributed by atoms with van der Waals surface area (Å²) in [6.07, 6.45) is 0.342. The van der Waals surface area contributed by atoms with Crippen LogP contribution in [0.25, 0.3) is 0 Å². The van der Waals surface area contributed by atoms with E-state index >= 15 is 0 Å². The van der Waals surface area contributed by atoms with Gasteiger partial charge in [-0.25, -0.2) is 4.98 Å². The lowest BCUT2D eigenvalue weighted by molar-refractivity contribution is -0.0471. The third-order valence-corrected chi connectivity index (χ3v) is 2.35. The van der Waals surface area contributed by atoms with Crippen LogP contribution in [0.2, 0.25) is 0 Å². The number of hydrogen-bond acceptors (Lipinski definition) is 5. The van der Waals surface area contributed by atoms with E-state index < -0.39 is 6.29 Å². The van der Waals surface area contributed by atoms with Gasteiger partial charge in [0.15, 0.2) is 6.29 Å². The number of ether oxygens (including phenoxy) is 2. The van der Waals surface area contributed by atoms with E-state index in [2.05, 4.69) is 4.98 Å². The summed E-state index contributed by atoms with van der Waals surface area (Å²) < 4.78 is 10.4. The average molecular weight is 185 g/mol. The first-order chi connectivity index (χ1) is 5.92. The van der Waals surface area contributed by atoms with E-state index in [1.165, 1.54) is 11.3 Å². The molecule has 1 aromatic heterocycles. The predicted octanol–water partition coefficient (Wildman–Crippen LogP) is 1.00. The van der Waals surface area contributed by atoms with Crippen LogP contribution in [0.15, 0.2) is 5.51 Å². The molecule has 0 atom stereocenters. The highest BCUT2D eigenvalue weighted by molar-refractivity contribution is 7.11. The van der Waals surface area contributed by atoms with E-state index in [4.69, 9.17) is 9.47 Å². The van der Waals surface area contributed by atoms with Crippen LogP contribution in [0.3, 0.4) is 0 Å². The van der Waals surface area contributed by atoms with E-state index in [0.717, 1.165) is 6.29 Å². The molecule has 5 heteroatoms. The molecule has 1 saturated heterocycles. The van der Waals surface area contributed by atoms with Gasteiger partial charge in [0.1, 0.15) is 5.69 Å². The third kappa shape index (κ3) is 1.26. The predicted molar refractivity (Wildman–Crippen MR) is 42.1 cm³/mol. The van der Waals surface area contributed by atoms with Crippen LogP contribution in [0, 0.1) is 0 Å². The summed E-state index contributed by atoms with van der Waals surface area (Å²) in [5.41, 5.74) is 2.22. The van der Waals surface area contributed by atoms with Gasteiger partial charge in [0.2, 0.25) is 6.29 Å². The molecule has 2 rings (SSSR count). The minimum absolute atomic E-state index is 0.434. The Morgan fingerprint density at radius 3 is 3.00 bits per heavy atom. The first-order valence-corrected chi connectivity index (χ1v) is 4.41. The Labute approximate surface area is 73.1 Å². The van der Waals surface area contributed by atoms with E-state index in [1.807, 2.05) is 0 Å². The molecule has 2 heterocycles. The van der Waals surface area contributed by atoms with Crippen LogP contribution in [-0.2, 0) is 9.47 Å². The smallest absolute Gasteiger partial charge is 0.202 e. The maximum atomic E-state index is 10.5. The summed E-state index contributed by atoms with van der Waals surface area (Å²) in [7, 11) is 0. The second-order valence-electron chi connectivity index (χ2n) is 2.29. The minimum atomic E-state index is -0.434. The van der Waals surface area contributed by atoms with Crippen molar-refractivity contribution in [2.75, 3.05) is 13.2 Å². The van der Waals surface area contributed by atoms with Gasteiger partial charge in [0.05, 0.1) is 23.6 Å². The Hall–Kier alpha value is -0.780. The van der Waals surface area contributed by atoms with Crippen molar-refractivity contribution in [3.8, 4) is 0 Å². The van der Waals surface area contributed by atoms with E-state index in [0.29, 0.717) is 23.8 Å². The molecule has 0 amide bonds. The highest BCUT2D eigenvalue weighted by Gasteiger charge is 2.23. The maximum absolute atomic E-state index is 10.5. The Bertz CT molecular complexity index is 280. The molecule has 0 N–H and O–H groups in total. The van der Waals surface area contributed by atoms with Crippen molar-refractivity contribution in [1.29, 1.82) is 0 Å². The second-order valence-corrected chi connectivity index (χ2v) is 3.18. The number of carbonyl (C=O) groups is 1. The molecule has 0 aromatic carbocycles. The largest absolute Gasteiger partial charge is 0.345 e. The van der Waals surface area contributed by atoms with Crippen LogP contribution in [-0.4, -0.2) is 24.5 Å². The quantitative estimate of drug-likeness (QED) is 0.645. The topological polar surface area (TPSA) is 48.4 Å². The summed E-state index contributed by atoms with van der Waals surface area (Å²) in [5, 5.41) is 0. The van der Waals surface area contributed by atoms with Crippen LogP contribution >= 0.6 is 11.3 Å². The maximum Gasteiger partial charge on any atom is 0.202 e. The van der Waals surface area contributed by atoms with Crippen molar-refractivity contribution in [2.24, 2.45) is 0 Å². The Morgan fingerprint density at radius 2 is 2.33 bits per heavy atom. The van der Waals surface area contributed by atoms with Crippen LogP contribution in [0.5, 0.6) is 0 Å². The van der Waals surface area contributed by atoms with Crippen LogP contribution in [0.4, 0.5) is 0 Å². The molecule has 1 fully saturated rings. The number of rotatable bonds is 2. The van der Waals surface area contributed by atoms with Gasteiger partial charge in [-0.1, -0.05) is 0 Å². The fourth-order valence-corrected chi connectivity index (χ4v) is 1.65. The normalized spacial score (nSPS) is 18.3. The molecule has 12 heavy (non-hydrogen) atoms. The minimum Gasteiger partial charge on any atom is -0.345 e. The van der Waals surface area contributed by atoms with E-state index in [1.54, 1.807) is 5.51 Å². The van der Waals surface area contributed by atoms with Gasteiger partial charge < -0.3 is 9.47 Å². The molecule has 0 bridgehead atoms. The number of thiazole rings is 1. The molecule has 1 aliphatic rings. The molecule has 1 aliphatic heterocycles. The summed E-state index contributed by atoms with van der Waals surface area (Å²) >= 11 is 1.30. The molecule has 0 saturated carbocycles. The number of nitrogens with zero attached hydrogens (tertiary/aromatic N) is 1. The van der Waals surface area contributed by atoms with Crippen molar-refractivity contribution in [2.45, 2.75) is 6.29 Å². The Balaban J connectivity index is 2.25. The summed E-state index contributed by atoms with van der Waals surface area (Å²) in [5.74, 6) is 0. The zero-order valence-electron chi connectivity index (χ0n) is 6.23. The van der Waals surface area contributed by atoms with Crippen molar-refractivity contribution >= 4 is 17.6 Å². The summed E-state index contributed by atoms with van der Waals surface area (Å²) in [6, 6.07) is 0. The number of aldehydes is 1. The SMILES string of the molecule is O=Cc1scnc1C1OCCO1. The zero-order chi connectivity index (χ0) is 8.39. The van der Waals surface area contributed by atoms with E-state index in [9.17, 15) is 4.79 Å². The van der Waals surface area contributed by atoms with Gasteiger partial charge in [-0.05, 0) is 0 Å². The van der Waals surface area contributed by atoms with Gasteiger partial charge >= 0.3 is 0 Å². The average Bonchev–Trinajstić information content (AvgIpc) is 2.74. The summed E-state index contributed by atoms with van der Waals surface area (Å²) in [4.78, 5) is 15.1. The number of hydrogen-bond donors (Lipinski definition) is 0. The van der Waals surface area contributed by atoms with E-state index in [-0.39, 0.29) is 0 Å². The van der Waals surface area contributed by atoms with Crippen LogP contribution < -0.4 is 0 Å². The van der Waals surface area contributed by atoms with Gasteiger partial charge in [0, 0.05) is 0 Å². The molecule has 0 radical (unpaired) electrons. The third-order valence-electron chi connectivity index (χ3n) is 1.58. The fraction of sp³-hybridized carbons (Fsp3) is 0.429. The van der Waals surface area contributed by atoms with Gasteiger partial charge in [-0.3, -0.25) is 4.79 Å². The second kappa shape index (κ2) is 3.30. The van der Waals surface area contributed by atoms with Gasteiger partial charge in [0.25, 0.3) is 0 Å². The van der Waals surface area contributed by atoms with Gasteiger partial charge in [-0.2, -0.15) is 0 Å². The molecule has 4 nitrogen and oxygen atoms in total. The molecular weight excluding hydrogens is 178 g/mol. The zero-order valence-corrected chi connectivity index (χ0v) is 7.04. The lowest BCUT2D eigenvalue weighted by atomic mass is 10.4. The molecule has 1 aromatic rings. The number of aromatic nitrogens is 1. The lowest BCUT2D eigenvalue weighted by Gasteiger charge is -2.04. The molecule has 0 spiro atoms. The summed E-state index contributed by atoms with van der Waals surface area (Å²) in [6.45, 7) is 1.14. The Morgan fingerprint density at radius 1 is 1.58 bits per heavy atom. The van der Waals surface area contributed by atoms with Crippen molar-refractivity contribution in [3.63, 3.8) is 0 Å². The highest BCUT2D eigenvalue weighted by atomic mass is 32.1. The monoisotopic (exact) mass is 185 g/mol. The molecule has 0 aliphatic carbocycles. The molecular formula is C7H7NO3S. The van der Waals surface area contributed by atoms with Crippen molar-refractivity contribution in [1.82, 2.24) is 4.98 Å². The number of carbonyl (C=O) groups excluding carboxylic acids is 1. The fourth-order valence-electron chi connectivity index (χ4n) is 1.05. The molecule has 0 unspecified atom stereocenters. The van der Waals surface area contributed by atoms with Gasteiger partial charge in [-0.15, -0.1) is 11.3 Å². The Kier molecular flexibility index (Phi) is 2.16. The highest BCUT2D eigenvalue weighted by Crippen LogP contribution is 2.25. The standard InChI is InChI=1S/C7H7NO3S/c9-3-5-6(8-4-12-5)7-10-1-2-11-7/h3-4,7H,1-2H2. The van der Waals surface area contributed by atoms with Crippen molar-refractivity contribution in [3.05, 3.63) is 16.1 Å². The lowest BCUT2D eigenvalue weighted by Crippen LogP contribution is -2.00. The van der Waals surface area contributed by atoms with Crippen LogP contribution in [0.1, 0.15) is 21.7 Å².